The fraction of sp³-hybridized carbons (Fsp3) is 0.0645. The summed E-state index contributed by atoms with van der Waals surface area (Å²) in [5, 5.41) is 30.0. The number of nitrogens with zero attached hydrogens (tertiary/aromatic N) is 2. The summed E-state index contributed by atoms with van der Waals surface area (Å²) in [6.07, 6.45) is 1.41. The van der Waals surface area contributed by atoms with Crippen LogP contribution in [0.4, 0.5) is 22.7 Å². The molecule has 4 rings (SSSR count). The van der Waals surface area contributed by atoms with E-state index >= 15 is 0 Å². The van der Waals surface area contributed by atoms with Crippen LogP contribution < -0.4 is 16.0 Å². The highest BCUT2D eigenvalue weighted by Crippen LogP contribution is 2.24. The summed E-state index contributed by atoms with van der Waals surface area (Å²) in [5.41, 5.74) is 1.94. The molecule has 0 saturated carbocycles. The van der Waals surface area contributed by atoms with Gasteiger partial charge in [0.2, 0.25) is 5.91 Å². The number of anilines is 2. The number of aryl methyl sites for hydroxylation is 1. The maximum atomic E-state index is 13.2. The fourth-order valence-corrected chi connectivity index (χ4v) is 4.53. The van der Waals surface area contributed by atoms with Crippen molar-refractivity contribution in [3.8, 4) is 0 Å². The minimum Gasteiger partial charge on any atom is -0.325 e. The van der Waals surface area contributed by atoms with E-state index in [0.29, 0.717) is 28.1 Å². The molecule has 0 unspecified atom stereocenters. The van der Waals surface area contributed by atoms with Crippen LogP contribution in [-0.2, 0) is 9.59 Å². The monoisotopic (exact) mass is 611 g/mol. The van der Waals surface area contributed by atoms with Crippen molar-refractivity contribution < 1.29 is 24.2 Å². The second-order valence-corrected chi connectivity index (χ2v) is 10.3. The smallest absolute Gasteiger partial charge is 0.272 e. The molecule has 0 aliphatic heterocycles. The second kappa shape index (κ2) is 14.4. The number of hydrogen-bond acceptors (Lipinski definition) is 8. The van der Waals surface area contributed by atoms with Gasteiger partial charge in [0.1, 0.15) is 5.70 Å². The van der Waals surface area contributed by atoms with Gasteiger partial charge in [-0.25, -0.2) is 0 Å². The van der Waals surface area contributed by atoms with Gasteiger partial charge in [-0.05, 0) is 72.7 Å². The highest BCUT2D eigenvalue weighted by atomic mass is 32.2. The van der Waals surface area contributed by atoms with Crippen LogP contribution in [0.3, 0.4) is 0 Å². The molecule has 12 nitrogen and oxygen atoms in total. The predicted octanol–water partition coefficient (Wildman–Crippen LogP) is 5.95. The number of hydrogen-bond donors (Lipinski definition) is 3. The molecule has 0 aliphatic rings. The van der Waals surface area contributed by atoms with Crippen molar-refractivity contribution >= 4 is 58.3 Å². The van der Waals surface area contributed by atoms with E-state index in [4.69, 9.17) is 0 Å². The molecule has 0 aromatic heterocycles. The lowest BCUT2D eigenvalue weighted by atomic mass is 10.1. The number of amides is 3. The van der Waals surface area contributed by atoms with Gasteiger partial charge in [-0.1, -0.05) is 24.3 Å². The highest BCUT2D eigenvalue weighted by Gasteiger charge is 2.16. The Labute approximate surface area is 255 Å². The summed E-state index contributed by atoms with van der Waals surface area (Å²) in [7, 11) is 0. The molecule has 4 aromatic rings. The van der Waals surface area contributed by atoms with Crippen LogP contribution in [0, 0.1) is 27.2 Å². The SMILES string of the molecule is Cc1ccc([N+](=O)[O-])cc1NC(=O)CSc1ccc(NC(=O)/C(=C/c2ccc([N+](=O)[O-])cc2)NC(=O)c2ccccc2)cc1. The molecule has 0 bridgehead atoms. The van der Waals surface area contributed by atoms with Crippen molar-refractivity contribution in [3.63, 3.8) is 0 Å². The lowest BCUT2D eigenvalue weighted by Gasteiger charge is -2.12. The normalized spacial score (nSPS) is 10.9. The Morgan fingerprint density at radius 1 is 0.795 bits per heavy atom. The largest absolute Gasteiger partial charge is 0.325 e. The van der Waals surface area contributed by atoms with E-state index < -0.39 is 21.7 Å². The Bertz CT molecular complexity index is 1740. The number of thioether (sulfide) groups is 1. The van der Waals surface area contributed by atoms with Crippen molar-refractivity contribution in [1.29, 1.82) is 0 Å². The van der Waals surface area contributed by atoms with Gasteiger partial charge in [0.05, 0.1) is 21.3 Å². The first-order valence-electron chi connectivity index (χ1n) is 13.0. The minimum absolute atomic E-state index is 0.0431. The molecule has 3 amide bonds. The third-order valence-electron chi connectivity index (χ3n) is 6.13. The Hall–Kier alpha value is -5.82. The molecule has 0 heterocycles. The Balaban J connectivity index is 1.42. The zero-order valence-electron chi connectivity index (χ0n) is 23.2. The average Bonchev–Trinajstić information content (AvgIpc) is 3.02. The molecule has 44 heavy (non-hydrogen) atoms. The number of benzene rings is 4. The van der Waals surface area contributed by atoms with Crippen molar-refractivity contribution in [2.75, 3.05) is 16.4 Å². The van der Waals surface area contributed by atoms with E-state index in [1.54, 1.807) is 67.6 Å². The third-order valence-corrected chi connectivity index (χ3v) is 7.14. The molecule has 0 spiro atoms. The summed E-state index contributed by atoms with van der Waals surface area (Å²) in [4.78, 5) is 60.2. The second-order valence-electron chi connectivity index (χ2n) is 9.30. The van der Waals surface area contributed by atoms with Crippen molar-refractivity contribution in [3.05, 3.63) is 140 Å². The predicted molar refractivity (Wildman–Crippen MR) is 167 cm³/mol. The van der Waals surface area contributed by atoms with E-state index in [2.05, 4.69) is 16.0 Å². The topological polar surface area (TPSA) is 174 Å². The minimum atomic E-state index is -0.625. The molecule has 222 valence electrons. The third kappa shape index (κ3) is 8.59. The van der Waals surface area contributed by atoms with Gasteiger partial charge < -0.3 is 16.0 Å². The Morgan fingerprint density at radius 3 is 2.07 bits per heavy atom. The van der Waals surface area contributed by atoms with Crippen LogP contribution in [0.5, 0.6) is 0 Å². The van der Waals surface area contributed by atoms with Crippen LogP contribution in [0.15, 0.2) is 108 Å². The van der Waals surface area contributed by atoms with Crippen molar-refractivity contribution in [2.45, 2.75) is 11.8 Å². The van der Waals surface area contributed by atoms with Crippen LogP contribution in [0.25, 0.3) is 6.08 Å². The Morgan fingerprint density at radius 2 is 1.43 bits per heavy atom. The molecule has 0 saturated heterocycles. The maximum Gasteiger partial charge on any atom is 0.272 e. The number of carbonyl (C=O) groups is 3. The molecule has 3 N–H and O–H groups in total. The van der Waals surface area contributed by atoms with Gasteiger partial charge in [-0.2, -0.15) is 0 Å². The molecule has 4 aromatic carbocycles. The quantitative estimate of drug-likeness (QED) is 0.0807. The average molecular weight is 612 g/mol. The lowest BCUT2D eigenvalue weighted by Crippen LogP contribution is -2.30. The van der Waals surface area contributed by atoms with Crippen molar-refractivity contribution in [1.82, 2.24) is 5.32 Å². The summed E-state index contributed by atoms with van der Waals surface area (Å²) >= 11 is 1.23. The molecule has 0 atom stereocenters. The van der Waals surface area contributed by atoms with Crippen molar-refractivity contribution in [2.24, 2.45) is 0 Å². The standard InChI is InChI=1S/C31H25N5O7S/c1-20-7-12-25(36(42)43)18-27(20)33-29(37)19-44-26-15-10-23(11-16-26)32-31(39)28(34-30(38)22-5-3-2-4-6-22)17-21-8-13-24(14-9-21)35(40)41/h2-18H,19H2,1H3,(H,32,39)(H,33,37)(H,34,38)/b28-17-. The molecule has 0 fully saturated rings. The summed E-state index contributed by atoms with van der Waals surface area (Å²) in [6, 6.07) is 24.7. The van der Waals surface area contributed by atoms with E-state index in [0.717, 1.165) is 4.90 Å². The van der Waals surface area contributed by atoms with Gasteiger partial charge in [0, 0.05) is 40.4 Å². The first kappa shape index (κ1) is 31.1. The highest BCUT2D eigenvalue weighted by molar-refractivity contribution is 8.00. The maximum absolute atomic E-state index is 13.2. The first-order valence-corrected chi connectivity index (χ1v) is 14.0. The zero-order valence-corrected chi connectivity index (χ0v) is 24.0. The van der Waals surface area contributed by atoms with Crippen LogP contribution in [0.2, 0.25) is 0 Å². The van der Waals surface area contributed by atoms with Gasteiger partial charge >= 0.3 is 0 Å². The first-order chi connectivity index (χ1) is 21.1. The summed E-state index contributed by atoms with van der Waals surface area (Å²) in [5.74, 6) is -1.44. The summed E-state index contributed by atoms with van der Waals surface area (Å²) < 4.78 is 0. The van der Waals surface area contributed by atoms with Crippen LogP contribution in [-0.4, -0.2) is 33.3 Å². The van der Waals surface area contributed by atoms with Gasteiger partial charge in [0.15, 0.2) is 0 Å². The van der Waals surface area contributed by atoms with E-state index in [-0.39, 0.29) is 28.7 Å². The molecule has 0 radical (unpaired) electrons. The molecular formula is C31H25N5O7S. The summed E-state index contributed by atoms with van der Waals surface area (Å²) in [6.45, 7) is 1.74. The van der Waals surface area contributed by atoms with Gasteiger partial charge in [-0.3, -0.25) is 34.6 Å². The molecule has 13 heteroatoms. The van der Waals surface area contributed by atoms with Gasteiger partial charge in [0.25, 0.3) is 23.2 Å². The number of rotatable bonds is 11. The Kier molecular flexibility index (Phi) is 10.2. The van der Waals surface area contributed by atoms with Gasteiger partial charge in [-0.15, -0.1) is 11.8 Å². The van der Waals surface area contributed by atoms with Crippen LogP contribution >= 0.6 is 11.8 Å². The van der Waals surface area contributed by atoms with E-state index in [1.165, 1.54) is 54.2 Å². The van der Waals surface area contributed by atoms with E-state index in [1.807, 2.05) is 0 Å². The number of nitrogens with one attached hydrogen (secondary N) is 3. The zero-order chi connectivity index (χ0) is 31.6. The number of nitro groups is 2. The number of non-ortho nitro benzene ring substituents is 2. The number of nitro benzene ring substituents is 2. The number of carbonyl (C=O) groups excluding carboxylic acids is 3. The van der Waals surface area contributed by atoms with Crippen LogP contribution in [0.1, 0.15) is 21.5 Å². The molecular weight excluding hydrogens is 586 g/mol. The van der Waals surface area contributed by atoms with E-state index in [9.17, 15) is 34.6 Å². The lowest BCUT2D eigenvalue weighted by molar-refractivity contribution is -0.385. The fourth-order valence-electron chi connectivity index (χ4n) is 3.83. The molecule has 0 aliphatic carbocycles.